The highest BCUT2D eigenvalue weighted by Gasteiger charge is 2.30. The Morgan fingerprint density at radius 2 is 1.86 bits per heavy atom. The number of benzene rings is 1. The van der Waals surface area contributed by atoms with Crippen LogP contribution in [0.1, 0.15) is 18.4 Å². The summed E-state index contributed by atoms with van der Waals surface area (Å²) in [6.45, 7) is 0.965. The maximum Gasteiger partial charge on any atom is 0.271 e. The summed E-state index contributed by atoms with van der Waals surface area (Å²) in [4.78, 5) is 24.7. The molecule has 0 unspecified atom stereocenters. The SMILES string of the molecule is O=C(Cn1cccc(S(=O)(=O)N2CCCC2)c1=O)NCc1ccc2c(c1)OCO2. The van der Waals surface area contributed by atoms with Crippen molar-refractivity contribution in [2.75, 3.05) is 19.9 Å². The minimum absolute atomic E-state index is 0.171. The summed E-state index contributed by atoms with van der Waals surface area (Å²) in [5.41, 5.74) is 0.123. The Morgan fingerprint density at radius 3 is 2.66 bits per heavy atom. The molecule has 1 aromatic carbocycles. The van der Waals surface area contributed by atoms with E-state index in [2.05, 4.69) is 5.32 Å². The minimum Gasteiger partial charge on any atom is -0.454 e. The molecule has 29 heavy (non-hydrogen) atoms. The molecule has 0 spiro atoms. The molecule has 3 heterocycles. The number of nitrogens with zero attached hydrogens (tertiary/aromatic N) is 2. The van der Waals surface area contributed by atoms with E-state index in [-0.39, 0.29) is 24.8 Å². The first-order chi connectivity index (χ1) is 13.9. The lowest BCUT2D eigenvalue weighted by atomic mass is 10.2. The fourth-order valence-electron chi connectivity index (χ4n) is 3.37. The zero-order valence-corrected chi connectivity index (χ0v) is 16.5. The van der Waals surface area contributed by atoms with Crippen LogP contribution in [0.25, 0.3) is 0 Å². The quantitative estimate of drug-likeness (QED) is 0.738. The van der Waals surface area contributed by atoms with E-state index in [4.69, 9.17) is 9.47 Å². The molecule has 9 nitrogen and oxygen atoms in total. The van der Waals surface area contributed by atoms with Crippen molar-refractivity contribution in [3.63, 3.8) is 0 Å². The van der Waals surface area contributed by atoms with E-state index in [0.717, 1.165) is 23.0 Å². The van der Waals surface area contributed by atoms with Crippen LogP contribution in [0.5, 0.6) is 11.5 Å². The molecular weight excluding hydrogens is 398 g/mol. The predicted octanol–water partition coefficient (Wildman–Crippen LogP) is 0.678. The number of nitrogens with one attached hydrogen (secondary N) is 1. The van der Waals surface area contributed by atoms with Gasteiger partial charge in [-0.1, -0.05) is 6.07 Å². The zero-order chi connectivity index (χ0) is 20.4. The number of aromatic nitrogens is 1. The number of carbonyl (C=O) groups is 1. The Balaban J connectivity index is 1.44. The number of rotatable bonds is 6. The van der Waals surface area contributed by atoms with Gasteiger partial charge >= 0.3 is 0 Å². The largest absolute Gasteiger partial charge is 0.454 e. The first kappa shape index (κ1) is 19.5. The lowest BCUT2D eigenvalue weighted by Crippen LogP contribution is -2.37. The van der Waals surface area contributed by atoms with E-state index in [9.17, 15) is 18.0 Å². The van der Waals surface area contributed by atoms with Gasteiger partial charge in [-0.2, -0.15) is 4.31 Å². The molecule has 0 bridgehead atoms. The molecule has 154 valence electrons. The second kappa shape index (κ2) is 7.88. The third-order valence-electron chi connectivity index (χ3n) is 4.91. The average Bonchev–Trinajstić information content (AvgIpc) is 3.39. The first-order valence-electron chi connectivity index (χ1n) is 9.30. The lowest BCUT2D eigenvalue weighted by Gasteiger charge is -2.16. The van der Waals surface area contributed by atoms with Crippen LogP contribution < -0.4 is 20.3 Å². The number of hydrogen-bond acceptors (Lipinski definition) is 6. The summed E-state index contributed by atoms with van der Waals surface area (Å²) in [6.07, 6.45) is 2.97. The Hall–Kier alpha value is -2.85. The van der Waals surface area contributed by atoms with Gasteiger partial charge in [0.05, 0.1) is 0 Å². The van der Waals surface area contributed by atoms with E-state index in [1.165, 1.54) is 22.6 Å². The van der Waals surface area contributed by atoms with E-state index in [0.29, 0.717) is 24.6 Å². The molecule has 0 saturated carbocycles. The van der Waals surface area contributed by atoms with Crippen molar-refractivity contribution < 1.29 is 22.7 Å². The Labute approximate surface area is 167 Å². The molecule has 1 fully saturated rings. The van der Waals surface area contributed by atoms with Gasteiger partial charge in [-0.3, -0.25) is 9.59 Å². The standard InChI is InChI=1S/C19H21N3O6S/c23-18(20-11-14-5-6-15-16(10-14)28-13-27-15)12-21-7-3-4-17(19(21)24)29(25,26)22-8-1-2-9-22/h3-7,10H,1-2,8-9,11-13H2,(H,20,23). The highest BCUT2D eigenvalue weighted by Crippen LogP contribution is 2.32. The van der Waals surface area contributed by atoms with E-state index >= 15 is 0 Å². The van der Waals surface area contributed by atoms with Gasteiger partial charge < -0.3 is 19.4 Å². The molecule has 2 aliphatic heterocycles. The Kier molecular flexibility index (Phi) is 5.29. The van der Waals surface area contributed by atoms with Crippen LogP contribution in [0.2, 0.25) is 0 Å². The molecule has 1 N–H and O–H groups in total. The van der Waals surface area contributed by atoms with E-state index in [1.807, 2.05) is 6.07 Å². The van der Waals surface area contributed by atoms with Crippen LogP contribution >= 0.6 is 0 Å². The number of sulfonamides is 1. The highest BCUT2D eigenvalue weighted by atomic mass is 32.2. The van der Waals surface area contributed by atoms with E-state index in [1.54, 1.807) is 12.1 Å². The van der Waals surface area contributed by atoms with Crippen LogP contribution in [0.15, 0.2) is 46.2 Å². The third-order valence-corrected chi connectivity index (χ3v) is 6.82. The summed E-state index contributed by atoms with van der Waals surface area (Å²) < 4.78 is 38.3. The van der Waals surface area contributed by atoms with Crippen LogP contribution in [0.4, 0.5) is 0 Å². The number of amides is 1. The molecule has 0 aliphatic carbocycles. The van der Waals surface area contributed by atoms with Crippen molar-refractivity contribution in [2.24, 2.45) is 0 Å². The van der Waals surface area contributed by atoms with Crippen molar-refractivity contribution in [3.05, 3.63) is 52.4 Å². The molecule has 2 aliphatic rings. The Bertz CT molecular complexity index is 1090. The molecule has 1 amide bonds. The first-order valence-corrected chi connectivity index (χ1v) is 10.7. The van der Waals surface area contributed by atoms with Crippen molar-refractivity contribution in [1.29, 1.82) is 0 Å². The van der Waals surface area contributed by atoms with Gasteiger partial charge in [0.2, 0.25) is 22.7 Å². The van der Waals surface area contributed by atoms with Gasteiger partial charge in [-0.15, -0.1) is 0 Å². The molecule has 0 radical (unpaired) electrons. The second-order valence-corrected chi connectivity index (χ2v) is 8.79. The Morgan fingerprint density at radius 1 is 1.10 bits per heavy atom. The molecule has 10 heteroatoms. The van der Waals surface area contributed by atoms with Crippen molar-refractivity contribution >= 4 is 15.9 Å². The monoisotopic (exact) mass is 419 g/mol. The molecule has 4 rings (SSSR count). The van der Waals surface area contributed by atoms with Gasteiger partial charge in [-0.05, 0) is 42.7 Å². The molecule has 1 aromatic heterocycles. The van der Waals surface area contributed by atoms with Gasteiger partial charge in [0.25, 0.3) is 5.56 Å². The number of fused-ring (bicyclic) bond motifs is 1. The molecule has 1 saturated heterocycles. The lowest BCUT2D eigenvalue weighted by molar-refractivity contribution is -0.121. The summed E-state index contributed by atoms with van der Waals surface area (Å²) in [6, 6.07) is 8.11. The van der Waals surface area contributed by atoms with Gasteiger partial charge in [0.15, 0.2) is 11.5 Å². The molecule has 0 atom stereocenters. The van der Waals surface area contributed by atoms with Crippen molar-refractivity contribution in [2.45, 2.75) is 30.8 Å². The summed E-state index contributed by atoms with van der Waals surface area (Å²) in [7, 11) is -3.85. The number of hydrogen-bond donors (Lipinski definition) is 1. The normalized spacial score (nSPS) is 16.1. The van der Waals surface area contributed by atoms with Gasteiger partial charge in [0, 0.05) is 25.8 Å². The number of carbonyl (C=O) groups excluding carboxylic acids is 1. The summed E-state index contributed by atoms with van der Waals surface area (Å²) in [5, 5.41) is 2.72. The predicted molar refractivity (Wildman–Crippen MR) is 103 cm³/mol. The summed E-state index contributed by atoms with van der Waals surface area (Å²) >= 11 is 0. The topological polar surface area (TPSA) is 107 Å². The summed E-state index contributed by atoms with van der Waals surface area (Å²) in [5.74, 6) is 0.871. The number of pyridine rings is 1. The van der Waals surface area contributed by atoms with Crippen LogP contribution in [-0.4, -0.2) is 43.1 Å². The molecule has 2 aromatic rings. The second-order valence-electron chi connectivity index (χ2n) is 6.88. The van der Waals surface area contributed by atoms with Crippen molar-refractivity contribution in [3.8, 4) is 11.5 Å². The fourth-order valence-corrected chi connectivity index (χ4v) is 4.97. The molecular formula is C19H21N3O6S. The smallest absolute Gasteiger partial charge is 0.271 e. The highest BCUT2D eigenvalue weighted by molar-refractivity contribution is 7.89. The van der Waals surface area contributed by atoms with Gasteiger partial charge in [-0.25, -0.2) is 8.42 Å². The minimum atomic E-state index is -3.85. The van der Waals surface area contributed by atoms with Gasteiger partial charge in [0.1, 0.15) is 11.4 Å². The van der Waals surface area contributed by atoms with Crippen LogP contribution in [0.3, 0.4) is 0 Å². The third kappa shape index (κ3) is 3.99. The zero-order valence-electron chi connectivity index (χ0n) is 15.7. The van der Waals surface area contributed by atoms with Crippen LogP contribution in [0, 0.1) is 0 Å². The number of ether oxygens (including phenoxy) is 2. The maximum absolute atomic E-state index is 12.7. The van der Waals surface area contributed by atoms with E-state index < -0.39 is 21.5 Å². The maximum atomic E-state index is 12.7. The van der Waals surface area contributed by atoms with Crippen LogP contribution in [-0.2, 0) is 27.9 Å². The van der Waals surface area contributed by atoms with Crippen molar-refractivity contribution in [1.82, 2.24) is 14.2 Å². The fraction of sp³-hybridized carbons (Fsp3) is 0.368. The average molecular weight is 419 g/mol.